The number of carbonyl (C=O) groups is 1. The lowest BCUT2D eigenvalue weighted by molar-refractivity contribution is -0.129. The Morgan fingerprint density at radius 2 is 2.06 bits per heavy atom. The summed E-state index contributed by atoms with van der Waals surface area (Å²) in [6.07, 6.45) is -2.38. The van der Waals surface area contributed by atoms with Crippen LogP contribution >= 0.6 is 0 Å². The Morgan fingerprint density at radius 3 is 2.50 bits per heavy atom. The van der Waals surface area contributed by atoms with Gasteiger partial charge in [-0.1, -0.05) is 0 Å². The quantitative estimate of drug-likeness (QED) is 0.617. The number of nitrogens with one attached hydrogen (secondary N) is 2. The van der Waals surface area contributed by atoms with Crippen molar-refractivity contribution in [3.05, 3.63) is 0 Å². The molecule has 0 aromatic heterocycles. The van der Waals surface area contributed by atoms with Crippen LogP contribution in [0, 0.1) is 0 Å². The zero-order chi connectivity index (χ0) is 12.2. The highest BCUT2D eigenvalue weighted by atomic mass is 19.4. The maximum absolute atomic E-state index is 11.9. The molecule has 0 heterocycles. The van der Waals surface area contributed by atoms with Gasteiger partial charge in [-0.05, 0) is 12.8 Å². The fraction of sp³-hybridized carbons (Fsp3) is 0.889. The molecule has 1 rings (SSSR count). The van der Waals surface area contributed by atoms with Gasteiger partial charge in [0.05, 0.1) is 6.54 Å². The summed E-state index contributed by atoms with van der Waals surface area (Å²) < 4.78 is 35.7. The molecule has 0 radical (unpaired) electrons. The molecule has 0 spiro atoms. The van der Waals surface area contributed by atoms with Gasteiger partial charge < -0.3 is 16.4 Å². The van der Waals surface area contributed by atoms with Crippen LogP contribution in [-0.2, 0) is 4.79 Å². The molecule has 94 valence electrons. The number of nitrogens with two attached hydrogens (primary N) is 1. The molecule has 1 unspecified atom stereocenters. The molecular weight excluding hydrogens is 223 g/mol. The van der Waals surface area contributed by atoms with Gasteiger partial charge in [-0.15, -0.1) is 0 Å². The van der Waals surface area contributed by atoms with Crippen LogP contribution in [0.15, 0.2) is 0 Å². The van der Waals surface area contributed by atoms with Crippen LogP contribution in [-0.4, -0.2) is 37.3 Å². The van der Waals surface area contributed by atoms with Crippen LogP contribution in [0.1, 0.15) is 19.3 Å². The number of carbonyl (C=O) groups excluding carboxylic acids is 1. The van der Waals surface area contributed by atoms with E-state index in [1.54, 1.807) is 0 Å². The van der Waals surface area contributed by atoms with E-state index in [4.69, 9.17) is 5.73 Å². The minimum Gasteiger partial charge on any atom is -0.353 e. The molecule has 1 fully saturated rings. The zero-order valence-electron chi connectivity index (χ0n) is 8.81. The Balaban J connectivity index is 2.21. The first-order chi connectivity index (χ1) is 7.40. The van der Waals surface area contributed by atoms with Gasteiger partial charge in [0, 0.05) is 25.0 Å². The molecule has 0 aliphatic heterocycles. The summed E-state index contributed by atoms with van der Waals surface area (Å²) in [6, 6.07) is -0.408. The predicted octanol–water partition coefficient (Wildman–Crippen LogP) is 0.134. The van der Waals surface area contributed by atoms with Crippen LogP contribution in [0.5, 0.6) is 0 Å². The predicted molar refractivity (Wildman–Crippen MR) is 52.7 cm³/mol. The Bertz CT molecular complexity index is 241. The Kier molecular flexibility index (Phi) is 4.55. The van der Waals surface area contributed by atoms with E-state index in [1.165, 1.54) is 0 Å². The van der Waals surface area contributed by atoms with Gasteiger partial charge >= 0.3 is 6.18 Å². The Morgan fingerprint density at radius 1 is 1.44 bits per heavy atom. The van der Waals surface area contributed by atoms with E-state index in [2.05, 4.69) is 10.6 Å². The molecule has 0 bridgehead atoms. The molecule has 0 aromatic rings. The van der Waals surface area contributed by atoms with Crippen molar-refractivity contribution in [3.8, 4) is 0 Å². The van der Waals surface area contributed by atoms with Crippen molar-refractivity contribution in [1.82, 2.24) is 10.6 Å². The van der Waals surface area contributed by atoms with Crippen molar-refractivity contribution >= 4 is 5.91 Å². The second kappa shape index (κ2) is 5.49. The first-order valence-electron chi connectivity index (χ1n) is 5.20. The number of hydrogen-bond donors (Lipinski definition) is 3. The number of halogens is 3. The molecule has 7 heteroatoms. The fourth-order valence-corrected chi connectivity index (χ4v) is 1.24. The average Bonchev–Trinajstić information content (AvgIpc) is 2.94. The molecule has 0 saturated heterocycles. The minimum absolute atomic E-state index is 0.00810. The summed E-state index contributed by atoms with van der Waals surface area (Å²) in [5.74, 6) is -0.243. The van der Waals surface area contributed by atoms with Crippen LogP contribution in [0.25, 0.3) is 0 Å². The van der Waals surface area contributed by atoms with Gasteiger partial charge in [-0.25, -0.2) is 0 Å². The van der Waals surface area contributed by atoms with Gasteiger partial charge in [0.2, 0.25) is 5.91 Å². The number of rotatable bonds is 6. The zero-order valence-corrected chi connectivity index (χ0v) is 8.81. The van der Waals surface area contributed by atoms with E-state index in [0.717, 1.165) is 12.8 Å². The van der Waals surface area contributed by atoms with Crippen LogP contribution in [0.4, 0.5) is 13.2 Å². The standard InChI is InChI=1S/C9H16F3N3O/c10-9(11,12)5-14-7(4-13)3-8(16)15-6-1-2-6/h6-7,14H,1-5,13H2,(H,15,16). The minimum atomic E-state index is -4.28. The highest BCUT2D eigenvalue weighted by Gasteiger charge is 2.29. The normalized spacial score (nSPS) is 18.2. The number of amides is 1. The molecular formula is C9H16F3N3O. The van der Waals surface area contributed by atoms with Crippen LogP contribution < -0.4 is 16.4 Å². The fourth-order valence-electron chi connectivity index (χ4n) is 1.24. The van der Waals surface area contributed by atoms with Crippen molar-refractivity contribution in [2.75, 3.05) is 13.1 Å². The third-order valence-corrected chi connectivity index (χ3v) is 2.25. The van der Waals surface area contributed by atoms with E-state index in [-0.39, 0.29) is 24.9 Å². The third-order valence-electron chi connectivity index (χ3n) is 2.25. The lowest BCUT2D eigenvalue weighted by Crippen LogP contribution is -2.44. The molecule has 1 atom stereocenters. The lowest BCUT2D eigenvalue weighted by Gasteiger charge is -2.17. The maximum atomic E-state index is 11.9. The molecule has 16 heavy (non-hydrogen) atoms. The maximum Gasteiger partial charge on any atom is 0.401 e. The molecule has 1 aliphatic rings. The summed E-state index contributed by atoms with van der Waals surface area (Å²) in [5, 5.41) is 4.92. The lowest BCUT2D eigenvalue weighted by atomic mass is 10.2. The number of alkyl halides is 3. The van der Waals surface area contributed by atoms with E-state index in [9.17, 15) is 18.0 Å². The van der Waals surface area contributed by atoms with Gasteiger partial charge in [-0.3, -0.25) is 4.79 Å². The van der Waals surface area contributed by atoms with Crippen molar-refractivity contribution in [3.63, 3.8) is 0 Å². The summed E-state index contributed by atoms with van der Waals surface area (Å²) in [5.41, 5.74) is 5.29. The van der Waals surface area contributed by atoms with Crippen molar-refractivity contribution in [1.29, 1.82) is 0 Å². The van der Waals surface area contributed by atoms with Crippen molar-refractivity contribution < 1.29 is 18.0 Å². The summed E-state index contributed by atoms with van der Waals surface area (Å²) in [7, 11) is 0. The van der Waals surface area contributed by atoms with Gasteiger partial charge in [0.1, 0.15) is 0 Å². The first kappa shape index (κ1) is 13.2. The Hall–Kier alpha value is -0.820. The van der Waals surface area contributed by atoms with Gasteiger partial charge in [0.25, 0.3) is 0 Å². The van der Waals surface area contributed by atoms with E-state index < -0.39 is 18.8 Å². The SMILES string of the molecule is NCC(CC(=O)NC1CC1)NCC(F)(F)F. The monoisotopic (exact) mass is 239 g/mol. The third kappa shape index (κ3) is 5.92. The summed E-state index contributed by atoms with van der Waals surface area (Å²) in [6.45, 7) is -1.11. The summed E-state index contributed by atoms with van der Waals surface area (Å²) >= 11 is 0. The van der Waals surface area contributed by atoms with E-state index in [0.29, 0.717) is 0 Å². The van der Waals surface area contributed by atoms with Gasteiger partial charge in [-0.2, -0.15) is 13.2 Å². The first-order valence-corrected chi connectivity index (χ1v) is 5.20. The summed E-state index contributed by atoms with van der Waals surface area (Å²) in [4.78, 5) is 11.3. The van der Waals surface area contributed by atoms with Gasteiger partial charge in [0.15, 0.2) is 0 Å². The highest BCUT2D eigenvalue weighted by molar-refractivity contribution is 5.77. The van der Waals surface area contributed by atoms with E-state index in [1.807, 2.05) is 0 Å². The number of hydrogen-bond acceptors (Lipinski definition) is 3. The van der Waals surface area contributed by atoms with Crippen molar-refractivity contribution in [2.24, 2.45) is 5.73 Å². The van der Waals surface area contributed by atoms with Crippen LogP contribution in [0.3, 0.4) is 0 Å². The molecule has 0 aromatic carbocycles. The topological polar surface area (TPSA) is 67.2 Å². The smallest absolute Gasteiger partial charge is 0.353 e. The molecule has 1 amide bonds. The molecule has 1 saturated carbocycles. The molecule has 4 N–H and O–H groups in total. The van der Waals surface area contributed by atoms with Crippen molar-refractivity contribution in [2.45, 2.75) is 37.5 Å². The second-order valence-corrected chi connectivity index (χ2v) is 3.97. The second-order valence-electron chi connectivity index (χ2n) is 3.97. The van der Waals surface area contributed by atoms with E-state index >= 15 is 0 Å². The largest absolute Gasteiger partial charge is 0.401 e. The molecule has 1 aliphatic carbocycles. The highest BCUT2D eigenvalue weighted by Crippen LogP contribution is 2.18. The Labute approximate surface area is 91.8 Å². The average molecular weight is 239 g/mol. The van der Waals surface area contributed by atoms with Crippen LogP contribution in [0.2, 0.25) is 0 Å². The molecule has 4 nitrogen and oxygen atoms in total.